The van der Waals surface area contributed by atoms with Gasteiger partial charge in [0.2, 0.25) is 11.7 Å². The van der Waals surface area contributed by atoms with E-state index in [4.69, 9.17) is 14.2 Å². The van der Waals surface area contributed by atoms with E-state index in [0.717, 1.165) is 42.3 Å². The van der Waals surface area contributed by atoms with Gasteiger partial charge in [0.25, 0.3) is 11.1 Å². The molecule has 1 aromatic rings. The van der Waals surface area contributed by atoms with Crippen LogP contribution in [-0.2, 0) is 9.59 Å². The van der Waals surface area contributed by atoms with E-state index in [1.165, 1.54) is 21.3 Å². The number of imide groups is 1. The lowest BCUT2D eigenvalue weighted by Crippen LogP contribution is -2.42. The van der Waals surface area contributed by atoms with Gasteiger partial charge in [-0.15, -0.1) is 0 Å². The highest BCUT2D eigenvalue weighted by atomic mass is 32.2. The molecular formula is C21H26N2O6S. The Labute approximate surface area is 180 Å². The Bertz CT molecular complexity index is 836. The lowest BCUT2D eigenvalue weighted by Gasteiger charge is -2.22. The van der Waals surface area contributed by atoms with Crippen molar-refractivity contribution in [3.8, 4) is 17.2 Å². The molecule has 30 heavy (non-hydrogen) atoms. The van der Waals surface area contributed by atoms with Gasteiger partial charge in [0.1, 0.15) is 6.54 Å². The third kappa shape index (κ3) is 4.72. The van der Waals surface area contributed by atoms with Crippen LogP contribution < -0.4 is 14.2 Å². The van der Waals surface area contributed by atoms with Crippen LogP contribution in [0.5, 0.6) is 17.2 Å². The molecule has 3 rings (SSSR count). The fourth-order valence-electron chi connectivity index (χ4n) is 3.53. The van der Waals surface area contributed by atoms with Gasteiger partial charge in [-0.1, -0.05) is 12.8 Å². The van der Waals surface area contributed by atoms with E-state index < -0.39 is 11.1 Å². The summed E-state index contributed by atoms with van der Waals surface area (Å²) in [6.07, 6.45) is 5.70. The number of thioether (sulfide) groups is 1. The van der Waals surface area contributed by atoms with E-state index in [0.29, 0.717) is 35.9 Å². The Balaban J connectivity index is 1.78. The lowest BCUT2D eigenvalue weighted by atomic mass is 10.1. The fourth-order valence-corrected chi connectivity index (χ4v) is 4.37. The highest BCUT2D eigenvalue weighted by molar-refractivity contribution is 8.18. The van der Waals surface area contributed by atoms with Crippen molar-refractivity contribution in [3.05, 3.63) is 22.6 Å². The molecule has 0 bridgehead atoms. The van der Waals surface area contributed by atoms with E-state index in [-0.39, 0.29) is 17.4 Å². The summed E-state index contributed by atoms with van der Waals surface area (Å²) in [5.74, 6) is 0.667. The van der Waals surface area contributed by atoms with Gasteiger partial charge in [-0.25, -0.2) is 0 Å². The third-order valence-electron chi connectivity index (χ3n) is 5.11. The molecule has 1 aromatic carbocycles. The van der Waals surface area contributed by atoms with Crippen LogP contribution in [0.25, 0.3) is 6.08 Å². The summed E-state index contributed by atoms with van der Waals surface area (Å²) in [6, 6.07) is 3.38. The van der Waals surface area contributed by atoms with Crippen molar-refractivity contribution in [2.75, 3.05) is 41.0 Å². The number of benzene rings is 1. The third-order valence-corrected chi connectivity index (χ3v) is 6.02. The summed E-state index contributed by atoms with van der Waals surface area (Å²) in [7, 11) is 4.51. The van der Waals surface area contributed by atoms with Crippen molar-refractivity contribution in [1.82, 2.24) is 9.80 Å². The van der Waals surface area contributed by atoms with Crippen LogP contribution >= 0.6 is 11.8 Å². The van der Waals surface area contributed by atoms with Crippen LogP contribution in [0.15, 0.2) is 17.0 Å². The van der Waals surface area contributed by atoms with E-state index >= 15 is 0 Å². The van der Waals surface area contributed by atoms with Gasteiger partial charge in [0.05, 0.1) is 26.2 Å². The molecule has 0 aromatic heterocycles. The van der Waals surface area contributed by atoms with Crippen molar-refractivity contribution in [2.45, 2.75) is 25.7 Å². The van der Waals surface area contributed by atoms with E-state index in [1.54, 1.807) is 23.1 Å². The first kappa shape index (κ1) is 22.0. The molecule has 0 aliphatic carbocycles. The van der Waals surface area contributed by atoms with E-state index in [2.05, 4.69) is 0 Å². The summed E-state index contributed by atoms with van der Waals surface area (Å²) < 4.78 is 16.0. The molecule has 2 saturated heterocycles. The molecule has 2 aliphatic rings. The number of hydrogen-bond acceptors (Lipinski definition) is 7. The normalized spacial score (nSPS) is 18.6. The van der Waals surface area contributed by atoms with Crippen LogP contribution in [-0.4, -0.2) is 67.8 Å². The molecule has 8 nitrogen and oxygen atoms in total. The zero-order valence-electron chi connectivity index (χ0n) is 17.4. The van der Waals surface area contributed by atoms with Gasteiger partial charge in [-0.2, -0.15) is 0 Å². The van der Waals surface area contributed by atoms with Crippen LogP contribution in [0.3, 0.4) is 0 Å². The van der Waals surface area contributed by atoms with Gasteiger partial charge in [-0.3, -0.25) is 19.3 Å². The summed E-state index contributed by atoms with van der Waals surface area (Å²) in [5, 5.41) is -0.443. The minimum atomic E-state index is -0.470. The molecule has 3 amide bonds. The average molecular weight is 435 g/mol. The number of rotatable bonds is 6. The van der Waals surface area contributed by atoms with Gasteiger partial charge < -0.3 is 19.1 Å². The predicted octanol–water partition coefficient (Wildman–Crippen LogP) is 3.15. The SMILES string of the molecule is COc1cc(C=C2SC(=O)N(CC(=O)N3CCCCCC3)C2=O)cc(OC)c1OC. The van der Waals surface area contributed by atoms with Gasteiger partial charge in [-0.05, 0) is 48.4 Å². The minimum absolute atomic E-state index is 0.187. The maximum absolute atomic E-state index is 12.8. The molecule has 0 unspecified atom stereocenters. The second-order valence-corrected chi connectivity index (χ2v) is 8.01. The van der Waals surface area contributed by atoms with Gasteiger partial charge >= 0.3 is 0 Å². The first-order valence-electron chi connectivity index (χ1n) is 9.81. The monoisotopic (exact) mass is 434 g/mol. The second-order valence-electron chi connectivity index (χ2n) is 7.02. The Morgan fingerprint density at radius 2 is 1.60 bits per heavy atom. The number of carbonyl (C=O) groups is 3. The number of nitrogens with zero attached hydrogens (tertiary/aromatic N) is 2. The molecule has 9 heteroatoms. The van der Waals surface area contributed by atoms with Crippen LogP contribution in [0, 0.1) is 0 Å². The second kappa shape index (κ2) is 9.88. The maximum Gasteiger partial charge on any atom is 0.294 e. The van der Waals surface area contributed by atoms with Crippen molar-refractivity contribution >= 4 is 34.9 Å². The summed E-state index contributed by atoms with van der Waals surface area (Å²) >= 11 is 0.821. The highest BCUT2D eigenvalue weighted by Gasteiger charge is 2.37. The quantitative estimate of drug-likeness (QED) is 0.636. The number of methoxy groups -OCH3 is 3. The summed E-state index contributed by atoms with van der Waals surface area (Å²) in [6.45, 7) is 1.13. The summed E-state index contributed by atoms with van der Waals surface area (Å²) in [4.78, 5) is 40.8. The highest BCUT2D eigenvalue weighted by Crippen LogP contribution is 2.40. The molecule has 0 saturated carbocycles. The van der Waals surface area contributed by atoms with E-state index in [9.17, 15) is 14.4 Å². The predicted molar refractivity (Wildman–Crippen MR) is 114 cm³/mol. The minimum Gasteiger partial charge on any atom is -0.493 e. The first-order chi connectivity index (χ1) is 14.5. The Kier molecular flexibility index (Phi) is 7.25. The molecule has 162 valence electrons. The number of ether oxygens (including phenoxy) is 3. The standard InChI is InChI=1S/C21H26N2O6S/c1-27-15-10-14(11-16(28-2)19(15)29-3)12-17-20(25)23(21(26)30-17)13-18(24)22-8-6-4-5-7-9-22/h10-12H,4-9,13H2,1-3H3. The number of carbonyl (C=O) groups excluding carboxylic acids is 3. The number of likely N-dealkylation sites (tertiary alicyclic amines) is 1. The molecular weight excluding hydrogens is 408 g/mol. The smallest absolute Gasteiger partial charge is 0.294 e. The molecule has 2 heterocycles. The van der Waals surface area contributed by atoms with Crippen LogP contribution in [0.2, 0.25) is 0 Å². The zero-order chi connectivity index (χ0) is 21.7. The van der Waals surface area contributed by atoms with Crippen LogP contribution in [0.4, 0.5) is 4.79 Å². The Morgan fingerprint density at radius 3 is 2.13 bits per heavy atom. The van der Waals surface area contributed by atoms with E-state index in [1.807, 2.05) is 0 Å². The molecule has 2 fully saturated rings. The van der Waals surface area contributed by atoms with Crippen molar-refractivity contribution in [2.24, 2.45) is 0 Å². The Hall–Kier alpha value is -2.68. The maximum atomic E-state index is 12.8. The van der Waals surface area contributed by atoms with Gasteiger partial charge in [0.15, 0.2) is 11.5 Å². The largest absolute Gasteiger partial charge is 0.493 e. The van der Waals surface area contributed by atoms with Gasteiger partial charge in [0, 0.05) is 13.1 Å². The zero-order valence-corrected chi connectivity index (χ0v) is 18.3. The van der Waals surface area contributed by atoms with Crippen molar-refractivity contribution in [1.29, 1.82) is 0 Å². The first-order valence-corrected chi connectivity index (χ1v) is 10.6. The molecule has 0 radical (unpaired) electrons. The van der Waals surface area contributed by atoms with Crippen molar-refractivity contribution < 1.29 is 28.6 Å². The number of hydrogen-bond donors (Lipinski definition) is 0. The number of amides is 3. The van der Waals surface area contributed by atoms with Crippen LogP contribution in [0.1, 0.15) is 31.2 Å². The molecule has 0 spiro atoms. The lowest BCUT2D eigenvalue weighted by molar-refractivity contribution is -0.135. The molecule has 0 N–H and O–H groups in total. The summed E-state index contributed by atoms with van der Waals surface area (Å²) in [5.41, 5.74) is 0.619. The molecule has 2 aliphatic heterocycles. The van der Waals surface area contributed by atoms with Crippen molar-refractivity contribution in [3.63, 3.8) is 0 Å². The molecule has 0 atom stereocenters. The Morgan fingerprint density at radius 1 is 1.00 bits per heavy atom. The average Bonchev–Trinajstić information content (AvgIpc) is 2.95. The topological polar surface area (TPSA) is 85.4 Å². The fraction of sp³-hybridized carbons (Fsp3) is 0.476.